The van der Waals surface area contributed by atoms with Crippen molar-refractivity contribution >= 4 is 0 Å². The van der Waals surface area contributed by atoms with E-state index in [0.717, 1.165) is 19.6 Å². The van der Waals surface area contributed by atoms with E-state index in [0.29, 0.717) is 5.92 Å². The Morgan fingerprint density at radius 2 is 2.50 bits per heavy atom. The Balaban J connectivity index is 2.34. The standard InChI is InChI=1S/C7H12O/c1-6-3-7(2)5-8-4-6/h7H,1,3-5H2,2H3/t7-/m0/s1. The molecular weight excluding hydrogens is 100 g/mol. The second kappa shape index (κ2) is 2.31. The van der Waals surface area contributed by atoms with Crippen LogP contribution in [0.5, 0.6) is 0 Å². The summed E-state index contributed by atoms with van der Waals surface area (Å²) in [7, 11) is 0. The predicted molar refractivity (Wildman–Crippen MR) is 33.7 cm³/mol. The molecule has 0 aromatic rings. The van der Waals surface area contributed by atoms with E-state index >= 15 is 0 Å². The average molecular weight is 112 g/mol. The van der Waals surface area contributed by atoms with Crippen LogP contribution in [0.3, 0.4) is 0 Å². The maximum absolute atomic E-state index is 5.19. The summed E-state index contributed by atoms with van der Waals surface area (Å²) in [4.78, 5) is 0. The summed E-state index contributed by atoms with van der Waals surface area (Å²) in [5.41, 5.74) is 1.24. The first-order valence-corrected chi connectivity index (χ1v) is 3.03. The third kappa shape index (κ3) is 1.34. The molecule has 1 saturated heterocycles. The minimum absolute atomic E-state index is 0.691. The Morgan fingerprint density at radius 3 is 2.88 bits per heavy atom. The van der Waals surface area contributed by atoms with E-state index in [1.807, 2.05) is 0 Å². The molecule has 1 aliphatic heterocycles. The summed E-state index contributed by atoms with van der Waals surface area (Å²) in [6.07, 6.45) is 1.15. The Bertz CT molecular complexity index is 96.6. The second-order valence-electron chi connectivity index (χ2n) is 2.57. The summed E-state index contributed by atoms with van der Waals surface area (Å²) in [6, 6.07) is 0. The highest BCUT2D eigenvalue weighted by molar-refractivity contribution is 4.97. The lowest BCUT2D eigenvalue weighted by Crippen LogP contribution is -2.15. The number of ether oxygens (including phenoxy) is 1. The van der Waals surface area contributed by atoms with Gasteiger partial charge in [-0.25, -0.2) is 0 Å². The fourth-order valence-electron chi connectivity index (χ4n) is 1.02. The van der Waals surface area contributed by atoms with Crippen LogP contribution in [0.2, 0.25) is 0 Å². The average Bonchev–Trinajstić information content (AvgIpc) is 1.64. The molecule has 0 N–H and O–H groups in total. The summed E-state index contributed by atoms with van der Waals surface area (Å²) < 4.78 is 5.19. The first kappa shape index (κ1) is 5.83. The Morgan fingerprint density at radius 1 is 1.75 bits per heavy atom. The Kier molecular flexibility index (Phi) is 1.69. The number of hydrogen-bond acceptors (Lipinski definition) is 1. The molecule has 0 unspecified atom stereocenters. The zero-order valence-electron chi connectivity index (χ0n) is 5.31. The highest BCUT2D eigenvalue weighted by Crippen LogP contribution is 2.15. The van der Waals surface area contributed by atoms with Crippen molar-refractivity contribution in [1.82, 2.24) is 0 Å². The molecule has 8 heavy (non-hydrogen) atoms. The van der Waals surface area contributed by atoms with Crippen molar-refractivity contribution in [2.45, 2.75) is 13.3 Å². The van der Waals surface area contributed by atoms with E-state index in [1.54, 1.807) is 0 Å². The minimum atomic E-state index is 0.691. The fraction of sp³-hybridized carbons (Fsp3) is 0.714. The summed E-state index contributed by atoms with van der Waals surface area (Å²) in [6.45, 7) is 7.72. The van der Waals surface area contributed by atoms with Crippen LogP contribution in [0.25, 0.3) is 0 Å². The van der Waals surface area contributed by atoms with Crippen molar-refractivity contribution in [1.29, 1.82) is 0 Å². The van der Waals surface area contributed by atoms with Gasteiger partial charge < -0.3 is 4.74 Å². The Hall–Kier alpha value is -0.300. The van der Waals surface area contributed by atoms with Gasteiger partial charge in [-0.15, -0.1) is 0 Å². The molecule has 1 aliphatic rings. The molecule has 1 heteroatoms. The lowest BCUT2D eigenvalue weighted by atomic mass is 10.0. The van der Waals surface area contributed by atoms with Gasteiger partial charge in [0.1, 0.15) is 0 Å². The third-order valence-electron chi connectivity index (χ3n) is 1.35. The van der Waals surface area contributed by atoms with Crippen molar-refractivity contribution in [3.8, 4) is 0 Å². The molecule has 1 fully saturated rings. The maximum Gasteiger partial charge on any atom is 0.0674 e. The van der Waals surface area contributed by atoms with Crippen LogP contribution < -0.4 is 0 Å². The van der Waals surface area contributed by atoms with Crippen molar-refractivity contribution in [3.05, 3.63) is 12.2 Å². The fourth-order valence-corrected chi connectivity index (χ4v) is 1.02. The molecule has 0 amide bonds. The highest BCUT2D eigenvalue weighted by atomic mass is 16.5. The lowest BCUT2D eigenvalue weighted by Gasteiger charge is -2.19. The summed E-state index contributed by atoms with van der Waals surface area (Å²) in [5.74, 6) is 0.691. The number of rotatable bonds is 0. The van der Waals surface area contributed by atoms with E-state index in [9.17, 15) is 0 Å². The van der Waals surface area contributed by atoms with Gasteiger partial charge in [0.15, 0.2) is 0 Å². The van der Waals surface area contributed by atoms with Crippen molar-refractivity contribution in [2.75, 3.05) is 13.2 Å². The lowest BCUT2D eigenvalue weighted by molar-refractivity contribution is 0.0951. The number of hydrogen-bond donors (Lipinski definition) is 0. The zero-order chi connectivity index (χ0) is 5.98. The molecule has 1 nitrogen and oxygen atoms in total. The molecule has 1 heterocycles. The monoisotopic (exact) mass is 112 g/mol. The summed E-state index contributed by atoms with van der Waals surface area (Å²) >= 11 is 0. The molecular formula is C7H12O. The van der Waals surface area contributed by atoms with Crippen LogP contribution in [0, 0.1) is 5.92 Å². The molecule has 0 aromatic carbocycles. The third-order valence-corrected chi connectivity index (χ3v) is 1.35. The van der Waals surface area contributed by atoms with Crippen LogP contribution in [0.1, 0.15) is 13.3 Å². The van der Waals surface area contributed by atoms with Gasteiger partial charge >= 0.3 is 0 Å². The smallest absolute Gasteiger partial charge is 0.0674 e. The normalized spacial score (nSPS) is 30.6. The van der Waals surface area contributed by atoms with Crippen LogP contribution in [0.15, 0.2) is 12.2 Å². The maximum atomic E-state index is 5.19. The quantitative estimate of drug-likeness (QED) is 0.432. The molecule has 0 aromatic heterocycles. The van der Waals surface area contributed by atoms with Crippen molar-refractivity contribution in [2.24, 2.45) is 5.92 Å². The van der Waals surface area contributed by atoms with Gasteiger partial charge in [-0.1, -0.05) is 19.1 Å². The molecule has 1 atom stereocenters. The van der Waals surface area contributed by atoms with Gasteiger partial charge in [-0.2, -0.15) is 0 Å². The van der Waals surface area contributed by atoms with Gasteiger partial charge in [-0.3, -0.25) is 0 Å². The van der Waals surface area contributed by atoms with E-state index < -0.39 is 0 Å². The zero-order valence-corrected chi connectivity index (χ0v) is 5.31. The molecule has 0 spiro atoms. The van der Waals surface area contributed by atoms with Crippen LogP contribution in [-0.4, -0.2) is 13.2 Å². The first-order chi connectivity index (χ1) is 3.79. The van der Waals surface area contributed by atoms with Crippen molar-refractivity contribution < 1.29 is 4.74 Å². The molecule has 0 radical (unpaired) electrons. The van der Waals surface area contributed by atoms with Gasteiger partial charge in [-0.05, 0) is 12.3 Å². The van der Waals surface area contributed by atoms with E-state index in [2.05, 4.69) is 13.5 Å². The molecule has 46 valence electrons. The van der Waals surface area contributed by atoms with Gasteiger partial charge in [0.2, 0.25) is 0 Å². The summed E-state index contributed by atoms with van der Waals surface area (Å²) in [5, 5.41) is 0. The largest absolute Gasteiger partial charge is 0.377 e. The van der Waals surface area contributed by atoms with Crippen LogP contribution in [0.4, 0.5) is 0 Å². The SMILES string of the molecule is C=C1COC[C@@H](C)C1. The van der Waals surface area contributed by atoms with Gasteiger partial charge in [0, 0.05) is 6.61 Å². The van der Waals surface area contributed by atoms with E-state index in [-0.39, 0.29) is 0 Å². The topological polar surface area (TPSA) is 9.23 Å². The van der Waals surface area contributed by atoms with Gasteiger partial charge in [0.25, 0.3) is 0 Å². The van der Waals surface area contributed by atoms with Crippen LogP contribution in [-0.2, 0) is 4.74 Å². The highest BCUT2D eigenvalue weighted by Gasteiger charge is 2.09. The van der Waals surface area contributed by atoms with E-state index in [4.69, 9.17) is 4.74 Å². The van der Waals surface area contributed by atoms with Crippen LogP contribution >= 0.6 is 0 Å². The minimum Gasteiger partial charge on any atom is -0.377 e. The predicted octanol–water partition coefficient (Wildman–Crippen LogP) is 1.60. The first-order valence-electron chi connectivity index (χ1n) is 3.03. The molecule has 0 bridgehead atoms. The molecule has 0 saturated carbocycles. The van der Waals surface area contributed by atoms with Crippen molar-refractivity contribution in [3.63, 3.8) is 0 Å². The molecule has 0 aliphatic carbocycles. The van der Waals surface area contributed by atoms with Gasteiger partial charge in [0.05, 0.1) is 6.61 Å². The second-order valence-corrected chi connectivity index (χ2v) is 2.57. The molecule has 1 rings (SSSR count). The van der Waals surface area contributed by atoms with E-state index in [1.165, 1.54) is 5.57 Å². The Labute approximate surface area is 50.3 Å².